The van der Waals surface area contributed by atoms with E-state index in [2.05, 4.69) is 56.4 Å². The molecule has 1 saturated carbocycles. The predicted molar refractivity (Wildman–Crippen MR) is 143 cm³/mol. The van der Waals surface area contributed by atoms with Gasteiger partial charge in [-0.3, -0.25) is 0 Å². The fourth-order valence-electron chi connectivity index (χ4n) is 5.34. The lowest BCUT2D eigenvalue weighted by atomic mass is 9.97. The first-order valence-corrected chi connectivity index (χ1v) is 12.7. The summed E-state index contributed by atoms with van der Waals surface area (Å²) in [5, 5.41) is 6.49. The molecule has 5 nitrogen and oxygen atoms in total. The highest BCUT2D eigenvalue weighted by molar-refractivity contribution is 6.30. The maximum atomic E-state index is 5.99. The molecule has 1 fully saturated rings. The summed E-state index contributed by atoms with van der Waals surface area (Å²) in [6.45, 7) is 0.723. The van der Waals surface area contributed by atoms with Crippen molar-refractivity contribution in [1.29, 1.82) is 0 Å². The number of aryl methyl sites for hydroxylation is 1. The quantitative estimate of drug-likeness (QED) is 0.266. The predicted octanol–water partition coefficient (Wildman–Crippen LogP) is 7.22. The Bertz CT molecular complexity index is 1460. The van der Waals surface area contributed by atoms with Crippen molar-refractivity contribution < 1.29 is 0 Å². The van der Waals surface area contributed by atoms with Crippen LogP contribution in [0.4, 0.5) is 5.82 Å². The average molecular weight is 482 g/mol. The lowest BCUT2D eigenvalue weighted by Crippen LogP contribution is -2.05. The molecule has 1 aliphatic carbocycles. The maximum Gasteiger partial charge on any atom is 0.143 e. The van der Waals surface area contributed by atoms with Crippen LogP contribution in [0.1, 0.15) is 42.9 Å². The number of nitrogens with one attached hydrogen (secondary N) is 1. The van der Waals surface area contributed by atoms with Crippen LogP contribution in [0.25, 0.3) is 21.9 Å². The standard InChI is InChI=1S/C29H28ClN5/c30-25-9-4-22(5-10-25)17-32-28-12-8-23-7-3-21(16-27(23)34-28)2-1-20-6-11-26(15-20)35-14-13-24-18-31-19-33-29(24)35/h3-5,7-10,12-14,16,18-20,26H,1-2,6,11,15,17H2,(H,32,34)/t20-,26+/m1/s1. The molecule has 1 N–H and O–H groups in total. The van der Waals surface area contributed by atoms with E-state index in [-0.39, 0.29) is 0 Å². The Morgan fingerprint density at radius 3 is 2.71 bits per heavy atom. The van der Waals surface area contributed by atoms with Gasteiger partial charge in [-0.15, -0.1) is 0 Å². The van der Waals surface area contributed by atoms with Crippen LogP contribution in [0.2, 0.25) is 5.02 Å². The van der Waals surface area contributed by atoms with Crippen LogP contribution < -0.4 is 5.32 Å². The topological polar surface area (TPSA) is 55.6 Å². The molecule has 6 heteroatoms. The molecule has 1 aliphatic rings. The third kappa shape index (κ3) is 4.87. The van der Waals surface area contributed by atoms with Crippen LogP contribution in [-0.4, -0.2) is 19.5 Å². The first-order chi connectivity index (χ1) is 17.2. The largest absolute Gasteiger partial charge is 0.366 e. The summed E-state index contributed by atoms with van der Waals surface area (Å²) in [5.74, 6) is 1.64. The number of hydrogen-bond acceptors (Lipinski definition) is 4. The summed E-state index contributed by atoms with van der Waals surface area (Å²) in [4.78, 5) is 13.5. The van der Waals surface area contributed by atoms with Gasteiger partial charge in [-0.2, -0.15) is 0 Å². The van der Waals surface area contributed by atoms with E-state index in [1.165, 1.54) is 42.2 Å². The lowest BCUT2D eigenvalue weighted by Gasteiger charge is -2.14. The number of benzene rings is 2. The summed E-state index contributed by atoms with van der Waals surface area (Å²) in [6.07, 6.45) is 11.8. The average Bonchev–Trinajstić information content (AvgIpc) is 3.54. The molecule has 0 bridgehead atoms. The molecule has 0 saturated heterocycles. The zero-order valence-corrected chi connectivity index (χ0v) is 20.3. The number of nitrogens with zero attached hydrogens (tertiary/aromatic N) is 4. The van der Waals surface area contributed by atoms with Gasteiger partial charge in [-0.05, 0) is 85.5 Å². The van der Waals surface area contributed by atoms with Gasteiger partial charge in [-0.25, -0.2) is 15.0 Å². The molecule has 35 heavy (non-hydrogen) atoms. The number of aromatic nitrogens is 4. The molecule has 5 aromatic rings. The number of halogens is 1. The Hall–Kier alpha value is -3.44. The molecular weight excluding hydrogens is 454 g/mol. The van der Waals surface area contributed by atoms with Gasteiger partial charge in [0.25, 0.3) is 0 Å². The third-order valence-corrected chi connectivity index (χ3v) is 7.52. The zero-order valence-electron chi connectivity index (χ0n) is 19.6. The Labute approximate surface area is 210 Å². The van der Waals surface area contributed by atoms with E-state index in [1.54, 1.807) is 6.33 Å². The summed E-state index contributed by atoms with van der Waals surface area (Å²) in [6, 6.07) is 21.5. The second kappa shape index (κ2) is 9.67. The van der Waals surface area contributed by atoms with Crippen LogP contribution in [0.3, 0.4) is 0 Å². The number of pyridine rings is 1. The highest BCUT2D eigenvalue weighted by Crippen LogP contribution is 2.38. The number of anilines is 1. The van der Waals surface area contributed by atoms with Crippen molar-refractivity contribution in [2.45, 2.75) is 44.7 Å². The maximum absolute atomic E-state index is 5.99. The van der Waals surface area contributed by atoms with Crippen LogP contribution >= 0.6 is 11.6 Å². The molecule has 0 amide bonds. The first-order valence-electron chi connectivity index (χ1n) is 12.4. The molecule has 176 valence electrons. The minimum atomic E-state index is 0.542. The molecule has 0 aliphatic heterocycles. The fourth-order valence-corrected chi connectivity index (χ4v) is 5.46. The lowest BCUT2D eigenvalue weighted by molar-refractivity contribution is 0.461. The van der Waals surface area contributed by atoms with Crippen molar-refractivity contribution in [2.75, 3.05) is 5.32 Å². The highest BCUT2D eigenvalue weighted by atomic mass is 35.5. The van der Waals surface area contributed by atoms with Gasteiger partial charge in [0.15, 0.2) is 0 Å². The Morgan fingerprint density at radius 1 is 0.943 bits per heavy atom. The van der Waals surface area contributed by atoms with Crippen LogP contribution in [0, 0.1) is 5.92 Å². The number of rotatable bonds is 7. The van der Waals surface area contributed by atoms with Gasteiger partial charge in [0, 0.05) is 40.8 Å². The summed E-state index contributed by atoms with van der Waals surface area (Å²) in [5.41, 5.74) is 4.65. The van der Waals surface area contributed by atoms with Crippen LogP contribution in [-0.2, 0) is 13.0 Å². The van der Waals surface area contributed by atoms with Gasteiger partial charge in [0.05, 0.1) is 5.52 Å². The molecule has 0 radical (unpaired) electrons. The van der Waals surface area contributed by atoms with Gasteiger partial charge in [0.1, 0.15) is 17.8 Å². The van der Waals surface area contributed by atoms with E-state index in [0.717, 1.165) is 46.3 Å². The molecule has 2 atom stereocenters. The van der Waals surface area contributed by atoms with E-state index in [9.17, 15) is 0 Å². The van der Waals surface area contributed by atoms with Crippen LogP contribution in [0.15, 0.2) is 79.4 Å². The molecule has 6 rings (SSSR count). The van der Waals surface area contributed by atoms with E-state index in [1.807, 2.05) is 36.5 Å². The van der Waals surface area contributed by atoms with Crippen molar-refractivity contribution in [3.05, 3.63) is 95.5 Å². The minimum absolute atomic E-state index is 0.542. The fraction of sp³-hybridized carbons (Fsp3) is 0.276. The molecular formula is C29H28ClN5. The van der Waals surface area contributed by atoms with Crippen molar-refractivity contribution in [1.82, 2.24) is 19.5 Å². The second-order valence-corrected chi connectivity index (χ2v) is 10.0. The summed E-state index contributed by atoms with van der Waals surface area (Å²) >= 11 is 5.99. The summed E-state index contributed by atoms with van der Waals surface area (Å²) in [7, 11) is 0. The Kier molecular flexibility index (Phi) is 6.09. The monoisotopic (exact) mass is 481 g/mol. The normalized spacial score (nSPS) is 17.9. The van der Waals surface area contributed by atoms with Crippen molar-refractivity contribution in [3.8, 4) is 0 Å². The van der Waals surface area contributed by atoms with E-state index >= 15 is 0 Å². The third-order valence-electron chi connectivity index (χ3n) is 7.27. The van der Waals surface area contributed by atoms with Gasteiger partial charge >= 0.3 is 0 Å². The van der Waals surface area contributed by atoms with Gasteiger partial charge < -0.3 is 9.88 Å². The van der Waals surface area contributed by atoms with Gasteiger partial charge in [-0.1, -0.05) is 35.9 Å². The molecule has 0 spiro atoms. The van der Waals surface area contributed by atoms with E-state index in [4.69, 9.17) is 16.6 Å². The Balaban J connectivity index is 1.08. The van der Waals surface area contributed by atoms with Crippen LogP contribution in [0.5, 0.6) is 0 Å². The summed E-state index contributed by atoms with van der Waals surface area (Å²) < 4.78 is 2.36. The SMILES string of the molecule is Clc1ccc(CNc2ccc3ccc(CC[C@@H]4CC[C@H](n5ccc6cncnc65)C4)cc3n2)cc1. The molecule has 0 unspecified atom stereocenters. The van der Waals surface area contributed by atoms with E-state index < -0.39 is 0 Å². The van der Waals surface area contributed by atoms with Crippen molar-refractivity contribution >= 4 is 39.4 Å². The zero-order chi connectivity index (χ0) is 23.6. The smallest absolute Gasteiger partial charge is 0.143 e. The second-order valence-electron chi connectivity index (χ2n) is 9.60. The molecule has 3 heterocycles. The Morgan fingerprint density at radius 2 is 1.80 bits per heavy atom. The number of fused-ring (bicyclic) bond motifs is 2. The molecule has 2 aromatic carbocycles. The van der Waals surface area contributed by atoms with Gasteiger partial charge in [0.2, 0.25) is 0 Å². The number of hydrogen-bond donors (Lipinski definition) is 1. The minimum Gasteiger partial charge on any atom is -0.366 e. The van der Waals surface area contributed by atoms with Crippen molar-refractivity contribution in [2.24, 2.45) is 5.92 Å². The molecule has 3 aromatic heterocycles. The first kappa shape index (κ1) is 22.1. The van der Waals surface area contributed by atoms with E-state index in [0.29, 0.717) is 6.04 Å². The van der Waals surface area contributed by atoms with Crippen molar-refractivity contribution in [3.63, 3.8) is 0 Å². The highest BCUT2D eigenvalue weighted by Gasteiger charge is 2.26.